The highest BCUT2D eigenvalue weighted by Gasteiger charge is 2.33. The molecule has 0 aliphatic carbocycles. The number of rotatable bonds is 8. The zero-order chi connectivity index (χ0) is 18.4. The molecule has 1 aliphatic rings. The molecule has 1 unspecified atom stereocenters. The Morgan fingerprint density at radius 1 is 1.36 bits per heavy atom. The highest BCUT2D eigenvalue weighted by molar-refractivity contribution is 7.66. The van der Waals surface area contributed by atoms with E-state index >= 15 is 0 Å². The summed E-state index contributed by atoms with van der Waals surface area (Å²) in [6.07, 6.45) is -1.75. The summed E-state index contributed by atoms with van der Waals surface area (Å²) in [7, 11) is -3.19. The van der Waals surface area contributed by atoms with Crippen molar-refractivity contribution in [1.82, 2.24) is 5.32 Å². The van der Waals surface area contributed by atoms with Crippen molar-refractivity contribution in [3.63, 3.8) is 0 Å². The van der Waals surface area contributed by atoms with Crippen LogP contribution in [0.3, 0.4) is 0 Å². The molecular formula is C16H21N2O6P. The van der Waals surface area contributed by atoms with Crippen LogP contribution in [0.1, 0.15) is 12.8 Å². The molecule has 1 saturated heterocycles. The van der Waals surface area contributed by atoms with Crippen LogP contribution in [0.5, 0.6) is 0 Å². The number of carbonyl (C=O) groups excluding carboxylic acids is 3. The normalized spacial score (nSPS) is 20.4. The average Bonchev–Trinajstić information content (AvgIpc) is 2.97. The maximum absolute atomic E-state index is 12.6. The number of benzene rings is 1. The lowest BCUT2D eigenvalue weighted by molar-refractivity contribution is -0.131. The van der Waals surface area contributed by atoms with Crippen molar-refractivity contribution in [3.8, 4) is 0 Å². The van der Waals surface area contributed by atoms with Gasteiger partial charge in [0, 0.05) is 30.9 Å². The number of ether oxygens (including phenoxy) is 1. The summed E-state index contributed by atoms with van der Waals surface area (Å²) in [4.78, 5) is 35.0. The van der Waals surface area contributed by atoms with Crippen molar-refractivity contribution >= 4 is 30.5 Å². The molecular weight excluding hydrogens is 347 g/mol. The number of ketones is 1. The molecule has 3 N–H and O–H groups in total. The maximum Gasteiger partial charge on any atom is 0.405 e. The third kappa shape index (κ3) is 5.41. The monoisotopic (exact) mass is 368 g/mol. The van der Waals surface area contributed by atoms with Crippen molar-refractivity contribution in [2.75, 3.05) is 19.8 Å². The van der Waals surface area contributed by atoms with E-state index in [1.165, 1.54) is 6.66 Å². The van der Waals surface area contributed by atoms with Gasteiger partial charge in [0.2, 0.25) is 13.3 Å². The second-order valence-corrected chi connectivity index (χ2v) is 8.33. The zero-order valence-electron chi connectivity index (χ0n) is 13.8. The lowest BCUT2D eigenvalue weighted by atomic mass is 9.98. The van der Waals surface area contributed by atoms with E-state index in [2.05, 4.69) is 5.32 Å². The standard InChI is InChI=1S/C16H21N2O6P/c1-25(22,12-5-3-2-4-6-12)23-10-13(19)14(24-16(17)21)9-11-7-8-18-15(11)20/h2-6,11,14H,7-10H2,1H3,(H2,17,21)(H,18,20)/t11-,14-,25?/m0/s1. The van der Waals surface area contributed by atoms with Gasteiger partial charge in [-0.3, -0.25) is 14.2 Å². The smallest absolute Gasteiger partial charge is 0.405 e. The number of Topliss-reactive ketones (excluding diaryl/α,β-unsaturated/α-hetero) is 1. The molecule has 1 fully saturated rings. The average molecular weight is 368 g/mol. The Hall–Kier alpha value is -2.18. The van der Waals surface area contributed by atoms with E-state index in [0.717, 1.165) is 0 Å². The van der Waals surface area contributed by atoms with Crippen molar-refractivity contribution in [1.29, 1.82) is 0 Å². The van der Waals surface area contributed by atoms with E-state index < -0.39 is 37.9 Å². The van der Waals surface area contributed by atoms with Crippen LogP contribution >= 0.6 is 7.37 Å². The van der Waals surface area contributed by atoms with Gasteiger partial charge in [-0.1, -0.05) is 18.2 Å². The lowest BCUT2D eigenvalue weighted by Gasteiger charge is -2.19. The molecule has 1 aromatic rings. The van der Waals surface area contributed by atoms with Gasteiger partial charge in [-0.05, 0) is 18.6 Å². The fourth-order valence-corrected chi connectivity index (χ4v) is 3.80. The Morgan fingerprint density at radius 3 is 2.60 bits per heavy atom. The van der Waals surface area contributed by atoms with Crippen LogP contribution in [-0.4, -0.2) is 43.7 Å². The Kier molecular flexibility index (Phi) is 6.33. The number of hydrogen-bond donors (Lipinski definition) is 2. The summed E-state index contributed by atoms with van der Waals surface area (Å²) in [5.74, 6) is -1.22. The molecule has 2 rings (SSSR count). The van der Waals surface area contributed by atoms with Crippen LogP contribution in [0.25, 0.3) is 0 Å². The highest BCUT2D eigenvalue weighted by atomic mass is 31.2. The van der Waals surface area contributed by atoms with Crippen molar-refractivity contribution in [3.05, 3.63) is 30.3 Å². The van der Waals surface area contributed by atoms with Crippen LogP contribution in [0.2, 0.25) is 0 Å². The maximum atomic E-state index is 12.6. The summed E-state index contributed by atoms with van der Waals surface area (Å²) in [5.41, 5.74) is 5.00. The molecule has 3 atom stereocenters. The molecule has 1 aromatic carbocycles. The number of amides is 2. The summed E-state index contributed by atoms with van der Waals surface area (Å²) in [6.45, 7) is 1.41. The first-order valence-electron chi connectivity index (χ1n) is 7.84. The van der Waals surface area contributed by atoms with Crippen LogP contribution < -0.4 is 16.4 Å². The first kappa shape index (κ1) is 19.1. The summed E-state index contributed by atoms with van der Waals surface area (Å²) < 4.78 is 22.7. The quantitative estimate of drug-likeness (QED) is 0.654. The summed E-state index contributed by atoms with van der Waals surface area (Å²) in [6, 6.07) is 8.50. The van der Waals surface area contributed by atoms with Gasteiger partial charge >= 0.3 is 6.09 Å². The van der Waals surface area contributed by atoms with Crippen molar-refractivity contribution in [2.45, 2.75) is 18.9 Å². The molecule has 9 heteroatoms. The number of nitrogens with two attached hydrogens (primary N) is 1. The van der Waals surface area contributed by atoms with Crippen molar-refractivity contribution in [2.24, 2.45) is 11.7 Å². The lowest BCUT2D eigenvalue weighted by Crippen LogP contribution is -2.35. The van der Waals surface area contributed by atoms with Gasteiger partial charge in [0.1, 0.15) is 6.61 Å². The Labute approximate surface area is 145 Å². The second kappa shape index (κ2) is 8.27. The second-order valence-electron chi connectivity index (χ2n) is 5.86. The highest BCUT2D eigenvalue weighted by Crippen LogP contribution is 2.41. The SMILES string of the molecule is CP(=O)(OCC(=O)[C@H](C[C@@H]1CCNC1=O)OC(N)=O)c1ccccc1. The fourth-order valence-electron chi connectivity index (χ4n) is 2.57. The predicted molar refractivity (Wildman–Crippen MR) is 90.8 cm³/mol. The van der Waals surface area contributed by atoms with Gasteiger partial charge in [-0.2, -0.15) is 0 Å². The topological polar surface area (TPSA) is 125 Å². The van der Waals surface area contributed by atoms with E-state index in [1.807, 2.05) is 0 Å². The fraction of sp³-hybridized carbons (Fsp3) is 0.438. The molecule has 0 bridgehead atoms. The van der Waals surface area contributed by atoms with Gasteiger partial charge in [-0.15, -0.1) is 0 Å². The molecule has 1 aliphatic heterocycles. The van der Waals surface area contributed by atoms with E-state index in [-0.39, 0.29) is 12.3 Å². The van der Waals surface area contributed by atoms with Crippen LogP contribution in [0, 0.1) is 5.92 Å². The van der Waals surface area contributed by atoms with Crippen LogP contribution in [-0.2, 0) is 23.4 Å². The number of nitrogens with one attached hydrogen (secondary N) is 1. The van der Waals surface area contributed by atoms with E-state index in [0.29, 0.717) is 18.3 Å². The zero-order valence-corrected chi connectivity index (χ0v) is 14.7. The minimum absolute atomic E-state index is 0.0241. The van der Waals surface area contributed by atoms with Gasteiger partial charge in [0.15, 0.2) is 11.9 Å². The van der Waals surface area contributed by atoms with Gasteiger partial charge in [0.25, 0.3) is 0 Å². The summed E-state index contributed by atoms with van der Waals surface area (Å²) >= 11 is 0. The molecule has 0 aromatic heterocycles. The molecule has 0 radical (unpaired) electrons. The van der Waals surface area contributed by atoms with Gasteiger partial charge in [-0.25, -0.2) is 4.79 Å². The Morgan fingerprint density at radius 2 is 2.04 bits per heavy atom. The molecule has 1 heterocycles. The first-order valence-corrected chi connectivity index (χ1v) is 9.91. The molecule has 0 spiro atoms. The molecule has 0 saturated carbocycles. The molecule has 2 amide bonds. The summed E-state index contributed by atoms with van der Waals surface area (Å²) in [5, 5.41) is 3.12. The predicted octanol–water partition coefficient (Wildman–Crippen LogP) is 0.796. The number of carbonyl (C=O) groups is 3. The van der Waals surface area contributed by atoms with E-state index in [9.17, 15) is 18.9 Å². The minimum atomic E-state index is -3.19. The minimum Gasteiger partial charge on any atom is -0.438 e. The van der Waals surface area contributed by atoms with Crippen LogP contribution in [0.4, 0.5) is 4.79 Å². The van der Waals surface area contributed by atoms with Gasteiger partial charge in [0.05, 0.1) is 0 Å². The van der Waals surface area contributed by atoms with Crippen LogP contribution in [0.15, 0.2) is 30.3 Å². The molecule has 8 nitrogen and oxygen atoms in total. The van der Waals surface area contributed by atoms with E-state index in [4.69, 9.17) is 15.0 Å². The largest absolute Gasteiger partial charge is 0.438 e. The van der Waals surface area contributed by atoms with Crippen molar-refractivity contribution < 1.29 is 28.2 Å². The third-order valence-corrected chi connectivity index (χ3v) is 5.82. The number of primary amides is 1. The van der Waals surface area contributed by atoms with Gasteiger partial charge < -0.3 is 20.3 Å². The molecule has 136 valence electrons. The Balaban J connectivity index is 2.00. The first-order chi connectivity index (χ1) is 11.8. The Bertz CT molecular complexity index is 693. The molecule has 25 heavy (non-hydrogen) atoms. The number of hydrogen-bond acceptors (Lipinski definition) is 6. The third-order valence-electron chi connectivity index (χ3n) is 3.96. The van der Waals surface area contributed by atoms with E-state index in [1.54, 1.807) is 30.3 Å².